The van der Waals surface area contributed by atoms with Gasteiger partial charge in [-0.15, -0.1) is 12.4 Å². The Morgan fingerprint density at radius 1 is 1.10 bits per heavy atom. The van der Waals surface area contributed by atoms with Crippen LogP contribution in [0, 0.1) is 0 Å². The van der Waals surface area contributed by atoms with Crippen molar-refractivity contribution in [3.8, 4) is 11.5 Å². The number of benzene rings is 2. The molecule has 0 spiro atoms. The zero-order valence-corrected chi connectivity index (χ0v) is 20.9. The van der Waals surface area contributed by atoms with Crippen molar-refractivity contribution in [1.29, 1.82) is 0 Å². The van der Waals surface area contributed by atoms with E-state index in [1.165, 1.54) is 0 Å². The summed E-state index contributed by atoms with van der Waals surface area (Å²) in [6.07, 6.45) is 3.40. The fourth-order valence-electron chi connectivity index (χ4n) is 4.12. The van der Waals surface area contributed by atoms with Gasteiger partial charge in [0.05, 0.1) is 18.7 Å². The van der Waals surface area contributed by atoms with Crippen molar-refractivity contribution >= 4 is 39.9 Å². The molecule has 1 aliphatic rings. The summed E-state index contributed by atoms with van der Waals surface area (Å²) in [5.74, 6) is 1.90. The van der Waals surface area contributed by atoms with Gasteiger partial charge in [-0.25, -0.2) is 0 Å². The number of carbonyl (C=O) groups excluding carboxylic acids is 1. The van der Waals surface area contributed by atoms with Gasteiger partial charge in [0, 0.05) is 37.8 Å². The number of amides is 1. The number of nitrogens with zero attached hydrogens (tertiary/aromatic N) is 2. The third-order valence-corrected chi connectivity index (χ3v) is 6.40. The van der Waals surface area contributed by atoms with Crippen LogP contribution < -0.4 is 14.4 Å². The first-order chi connectivity index (χ1) is 14.6. The number of likely N-dealkylation sites (tertiary alicyclic amines) is 1. The Labute approximate surface area is 200 Å². The number of hydrogen-bond donors (Lipinski definition) is 0. The molecule has 1 saturated heterocycles. The van der Waals surface area contributed by atoms with Crippen LogP contribution in [0.25, 0.3) is 0 Å². The summed E-state index contributed by atoms with van der Waals surface area (Å²) in [6, 6.07) is 14.3. The summed E-state index contributed by atoms with van der Waals surface area (Å²) in [5, 5.41) is 0. The zero-order valence-electron chi connectivity index (χ0n) is 18.5. The van der Waals surface area contributed by atoms with E-state index >= 15 is 0 Å². The Balaban J connectivity index is 0.00000341. The molecule has 5 nitrogen and oxygen atoms in total. The van der Waals surface area contributed by atoms with Gasteiger partial charge in [0.1, 0.15) is 11.5 Å². The zero-order chi connectivity index (χ0) is 21.5. The lowest BCUT2D eigenvalue weighted by molar-refractivity contribution is -0.119. The van der Waals surface area contributed by atoms with E-state index in [9.17, 15) is 4.79 Å². The lowest BCUT2D eigenvalue weighted by Gasteiger charge is -2.38. The first kappa shape index (κ1) is 25.5. The molecule has 0 aromatic heterocycles. The summed E-state index contributed by atoms with van der Waals surface area (Å²) in [6.45, 7) is 4.87. The lowest BCUT2D eigenvalue weighted by Crippen LogP contribution is -2.47. The highest BCUT2D eigenvalue weighted by atomic mass is 79.9. The number of anilines is 1. The predicted octanol–water partition coefficient (Wildman–Crippen LogP) is 5.34. The molecule has 0 N–H and O–H groups in total. The largest absolute Gasteiger partial charge is 0.496 e. The number of hydrogen-bond acceptors (Lipinski definition) is 4. The number of para-hydroxylation sites is 1. The highest BCUT2D eigenvalue weighted by Gasteiger charge is 2.28. The first-order valence-electron chi connectivity index (χ1n) is 10.6. The van der Waals surface area contributed by atoms with Crippen molar-refractivity contribution < 1.29 is 14.3 Å². The van der Waals surface area contributed by atoms with Crippen molar-refractivity contribution in [1.82, 2.24) is 4.90 Å². The maximum absolute atomic E-state index is 12.6. The summed E-state index contributed by atoms with van der Waals surface area (Å²) in [7, 11) is 3.38. The van der Waals surface area contributed by atoms with Crippen LogP contribution in [0.3, 0.4) is 0 Å². The molecule has 170 valence electrons. The van der Waals surface area contributed by atoms with Gasteiger partial charge in [-0.3, -0.25) is 4.79 Å². The van der Waals surface area contributed by atoms with Crippen LogP contribution >= 0.6 is 28.3 Å². The molecule has 0 aliphatic carbocycles. The Bertz CT molecular complexity index is 842. The average Bonchev–Trinajstić information content (AvgIpc) is 2.79. The van der Waals surface area contributed by atoms with Crippen LogP contribution in [-0.2, 0) is 11.2 Å². The molecule has 7 heteroatoms. The van der Waals surface area contributed by atoms with Gasteiger partial charge in [-0.1, -0.05) is 25.1 Å². The molecule has 2 aromatic carbocycles. The van der Waals surface area contributed by atoms with Gasteiger partial charge in [-0.05, 0) is 65.0 Å². The van der Waals surface area contributed by atoms with Crippen LogP contribution in [-0.4, -0.2) is 50.7 Å². The maximum Gasteiger partial charge on any atom is 0.226 e. The Morgan fingerprint density at radius 3 is 2.32 bits per heavy atom. The Kier molecular flexibility index (Phi) is 10.1. The van der Waals surface area contributed by atoms with Crippen molar-refractivity contribution in [2.45, 2.75) is 38.6 Å². The molecule has 1 aliphatic heterocycles. The highest BCUT2D eigenvalue weighted by Crippen LogP contribution is 2.33. The second-order valence-corrected chi connectivity index (χ2v) is 8.43. The molecule has 3 rings (SSSR count). The number of piperidine rings is 1. The Morgan fingerprint density at radius 2 is 1.74 bits per heavy atom. The van der Waals surface area contributed by atoms with Gasteiger partial charge in [0.15, 0.2) is 0 Å². The molecule has 0 radical (unpaired) electrons. The minimum absolute atomic E-state index is 0. The van der Waals surface area contributed by atoms with Gasteiger partial charge < -0.3 is 19.3 Å². The average molecular weight is 512 g/mol. The molecular weight excluding hydrogens is 480 g/mol. The van der Waals surface area contributed by atoms with Crippen LogP contribution in [0.4, 0.5) is 5.69 Å². The molecule has 2 aromatic rings. The fraction of sp³-hybridized carbons (Fsp3) is 0.458. The number of halogens is 2. The van der Waals surface area contributed by atoms with Crippen molar-refractivity contribution in [3.05, 3.63) is 52.5 Å². The third kappa shape index (κ3) is 6.37. The van der Waals surface area contributed by atoms with Crippen LogP contribution in [0.5, 0.6) is 11.5 Å². The van der Waals surface area contributed by atoms with E-state index in [0.29, 0.717) is 6.42 Å². The predicted molar refractivity (Wildman–Crippen MR) is 132 cm³/mol. The fourth-order valence-corrected chi connectivity index (χ4v) is 4.60. The molecular formula is C24H32BrClN2O3. The first-order valence-corrected chi connectivity index (χ1v) is 11.4. The number of methoxy groups -OCH3 is 2. The minimum Gasteiger partial charge on any atom is -0.496 e. The van der Waals surface area contributed by atoms with E-state index in [0.717, 1.165) is 66.1 Å². The van der Waals surface area contributed by atoms with E-state index in [1.807, 2.05) is 54.3 Å². The van der Waals surface area contributed by atoms with Crippen molar-refractivity contribution in [3.63, 3.8) is 0 Å². The topological polar surface area (TPSA) is 42.0 Å². The van der Waals surface area contributed by atoms with E-state index in [4.69, 9.17) is 9.47 Å². The summed E-state index contributed by atoms with van der Waals surface area (Å²) in [4.78, 5) is 17.1. The van der Waals surface area contributed by atoms with E-state index in [1.54, 1.807) is 14.2 Å². The minimum atomic E-state index is 0. The molecule has 1 heterocycles. The molecule has 0 atom stereocenters. The van der Waals surface area contributed by atoms with Gasteiger partial charge in [0.25, 0.3) is 0 Å². The van der Waals surface area contributed by atoms with Crippen LogP contribution in [0.2, 0.25) is 0 Å². The number of carbonyl (C=O) groups is 1. The van der Waals surface area contributed by atoms with Gasteiger partial charge >= 0.3 is 0 Å². The monoisotopic (exact) mass is 510 g/mol. The molecule has 31 heavy (non-hydrogen) atoms. The quantitative estimate of drug-likeness (QED) is 0.480. The second-order valence-electron chi connectivity index (χ2n) is 7.57. The molecule has 1 amide bonds. The summed E-state index contributed by atoms with van der Waals surface area (Å²) in [5.41, 5.74) is 2.15. The smallest absolute Gasteiger partial charge is 0.226 e. The molecule has 0 bridgehead atoms. The molecule has 0 unspecified atom stereocenters. The van der Waals surface area contributed by atoms with Gasteiger partial charge in [-0.2, -0.15) is 0 Å². The Hall–Kier alpha value is -1.76. The third-order valence-electron chi connectivity index (χ3n) is 5.78. The van der Waals surface area contributed by atoms with E-state index in [2.05, 4.69) is 20.8 Å². The number of ether oxygens (including phenoxy) is 2. The standard InChI is InChI=1S/C24H31BrN2O3.ClH/c1-4-24(28)27(19-8-6-5-7-9-19)20-11-14-26(15-12-20)13-10-18-16-23(30-3)21(25)17-22(18)29-2;/h5-9,16-17,20H,4,10-15H2,1-3H3;1H. The summed E-state index contributed by atoms with van der Waals surface area (Å²) < 4.78 is 11.9. The number of rotatable bonds is 8. The van der Waals surface area contributed by atoms with Crippen LogP contribution in [0.15, 0.2) is 46.9 Å². The second kappa shape index (κ2) is 12.3. The maximum atomic E-state index is 12.6. The van der Waals surface area contributed by atoms with Crippen molar-refractivity contribution in [2.75, 3.05) is 38.8 Å². The van der Waals surface area contributed by atoms with E-state index < -0.39 is 0 Å². The van der Waals surface area contributed by atoms with Crippen LogP contribution in [0.1, 0.15) is 31.7 Å². The SMILES string of the molecule is CCC(=O)N(c1ccccc1)C1CCN(CCc2cc(OC)c(Br)cc2OC)CC1.Cl. The highest BCUT2D eigenvalue weighted by molar-refractivity contribution is 9.10. The van der Waals surface area contributed by atoms with Crippen molar-refractivity contribution in [2.24, 2.45) is 0 Å². The molecule has 1 fully saturated rings. The lowest BCUT2D eigenvalue weighted by atomic mass is 10.0. The molecule has 0 saturated carbocycles. The van der Waals surface area contributed by atoms with Gasteiger partial charge in [0.2, 0.25) is 5.91 Å². The summed E-state index contributed by atoms with van der Waals surface area (Å²) >= 11 is 3.52. The normalized spacial score (nSPS) is 14.6. The van der Waals surface area contributed by atoms with E-state index in [-0.39, 0.29) is 24.4 Å².